The van der Waals surface area contributed by atoms with E-state index in [1.165, 1.54) is 16.9 Å². The zero-order valence-electron chi connectivity index (χ0n) is 15.2. The maximum absolute atomic E-state index is 12.3. The largest absolute Gasteiger partial charge is 0.341 e. The Morgan fingerprint density at radius 1 is 1.15 bits per heavy atom. The number of nitrogens with zero attached hydrogens (tertiary/aromatic N) is 2. The summed E-state index contributed by atoms with van der Waals surface area (Å²) in [4.78, 5) is 16.9. The fourth-order valence-corrected chi connectivity index (χ4v) is 3.83. The molecule has 2 aromatic rings. The molecule has 1 atom stereocenters. The first-order chi connectivity index (χ1) is 12.7. The summed E-state index contributed by atoms with van der Waals surface area (Å²) in [6, 6.07) is 17.1. The van der Waals surface area contributed by atoms with Crippen molar-refractivity contribution in [2.75, 3.05) is 42.9 Å². The van der Waals surface area contributed by atoms with E-state index in [2.05, 4.69) is 63.8 Å². The summed E-state index contributed by atoms with van der Waals surface area (Å²) in [5.74, 6) is 0.0537. The topological polar surface area (TPSA) is 47.6 Å². The van der Waals surface area contributed by atoms with Gasteiger partial charge in [-0.25, -0.2) is 0 Å². The lowest BCUT2D eigenvalue weighted by Gasteiger charge is -2.33. The normalized spacial score (nSPS) is 20.0. The van der Waals surface area contributed by atoms with Crippen LogP contribution in [0.5, 0.6) is 0 Å². The van der Waals surface area contributed by atoms with E-state index in [-0.39, 0.29) is 5.91 Å². The lowest BCUT2D eigenvalue weighted by atomic mass is 10.2. The van der Waals surface area contributed by atoms with E-state index in [1.807, 2.05) is 12.1 Å². The average Bonchev–Trinajstić information content (AvgIpc) is 3.08. The van der Waals surface area contributed by atoms with Crippen molar-refractivity contribution in [3.8, 4) is 0 Å². The Labute approximate surface area is 155 Å². The number of nitrogens with one attached hydrogen (secondary N) is 2. The van der Waals surface area contributed by atoms with E-state index in [0.29, 0.717) is 12.6 Å². The summed E-state index contributed by atoms with van der Waals surface area (Å²) in [6.45, 7) is 6.42. The van der Waals surface area contributed by atoms with Gasteiger partial charge < -0.3 is 15.5 Å². The third kappa shape index (κ3) is 3.59. The highest BCUT2D eigenvalue weighted by atomic mass is 16.2. The van der Waals surface area contributed by atoms with E-state index < -0.39 is 0 Å². The second kappa shape index (κ2) is 7.48. The van der Waals surface area contributed by atoms with Gasteiger partial charge in [-0.3, -0.25) is 9.69 Å². The van der Waals surface area contributed by atoms with Crippen LogP contribution in [0, 0.1) is 0 Å². The number of benzene rings is 2. The van der Waals surface area contributed by atoms with Crippen molar-refractivity contribution in [3.05, 3.63) is 54.1 Å². The summed E-state index contributed by atoms with van der Waals surface area (Å²) in [6.07, 6.45) is 1.08. The van der Waals surface area contributed by atoms with Crippen LogP contribution in [0.15, 0.2) is 48.5 Å². The highest BCUT2D eigenvalue weighted by Gasteiger charge is 2.21. The molecule has 2 aromatic carbocycles. The standard InChI is InChI=1S/C21H26N4O/c1-16-14-22-11-13-24(16)15-21(26)23-18-6-8-19(9-7-18)25-12-10-17-4-2-3-5-20(17)25/h2-9,16,22H,10-15H2,1H3,(H,23,26)/t16-/m1/s1. The molecule has 5 heteroatoms. The van der Waals surface area contributed by atoms with Crippen LogP contribution < -0.4 is 15.5 Å². The second-order valence-corrected chi connectivity index (χ2v) is 7.15. The second-order valence-electron chi connectivity index (χ2n) is 7.15. The number of para-hydroxylation sites is 1. The molecule has 2 aliphatic heterocycles. The number of amides is 1. The SMILES string of the molecule is C[C@@H]1CNCCN1CC(=O)Nc1ccc(N2CCc3ccccc32)cc1. The van der Waals surface area contributed by atoms with Gasteiger partial charge in [-0.15, -0.1) is 0 Å². The zero-order valence-corrected chi connectivity index (χ0v) is 15.2. The van der Waals surface area contributed by atoms with E-state index in [4.69, 9.17) is 0 Å². The average molecular weight is 350 g/mol. The van der Waals surface area contributed by atoms with Gasteiger partial charge in [0.15, 0.2) is 0 Å². The number of carbonyl (C=O) groups excluding carboxylic acids is 1. The molecule has 0 spiro atoms. The Kier molecular flexibility index (Phi) is 4.91. The predicted molar refractivity (Wildman–Crippen MR) is 106 cm³/mol. The van der Waals surface area contributed by atoms with Gasteiger partial charge in [0.2, 0.25) is 5.91 Å². The molecule has 136 valence electrons. The molecule has 0 saturated carbocycles. The summed E-state index contributed by atoms with van der Waals surface area (Å²) in [5.41, 5.74) is 4.71. The lowest BCUT2D eigenvalue weighted by molar-refractivity contribution is -0.118. The van der Waals surface area contributed by atoms with Crippen molar-refractivity contribution in [2.24, 2.45) is 0 Å². The maximum Gasteiger partial charge on any atom is 0.238 e. The van der Waals surface area contributed by atoms with Crippen molar-refractivity contribution >= 4 is 23.0 Å². The molecule has 0 radical (unpaired) electrons. The lowest BCUT2D eigenvalue weighted by Crippen LogP contribution is -2.51. The number of fused-ring (bicyclic) bond motifs is 1. The smallest absolute Gasteiger partial charge is 0.238 e. The Morgan fingerprint density at radius 3 is 2.77 bits per heavy atom. The molecule has 2 N–H and O–H groups in total. The predicted octanol–water partition coefficient (Wildman–Crippen LogP) is 2.61. The molecule has 1 fully saturated rings. The fraction of sp³-hybridized carbons (Fsp3) is 0.381. The van der Waals surface area contributed by atoms with Crippen LogP contribution in [0.25, 0.3) is 0 Å². The first-order valence-corrected chi connectivity index (χ1v) is 9.41. The van der Waals surface area contributed by atoms with Crippen LogP contribution in [-0.2, 0) is 11.2 Å². The minimum Gasteiger partial charge on any atom is -0.341 e. The van der Waals surface area contributed by atoms with Gasteiger partial charge in [-0.2, -0.15) is 0 Å². The van der Waals surface area contributed by atoms with E-state index >= 15 is 0 Å². The van der Waals surface area contributed by atoms with E-state index in [1.54, 1.807) is 0 Å². The van der Waals surface area contributed by atoms with Crippen molar-refractivity contribution in [1.29, 1.82) is 0 Å². The quantitative estimate of drug-likeness (QED) is 0.890. The number of carbonyl (C=O) groups is 1. The van der Waals surface area contributed by atoms with Crippen LogP contribution >= 0.6 is 0 Å². The third-order valence-corrected chi connectivity index (χ3v) is 5.34. The number of piperazine rings is 1. The molecule has 4 rings (SSSR count). The summed E-state index contributed by atoms with van der Waals surface area (Å²) in [7, 11) is 0. The van der Waals surface area contributed by atoms with Crippen LogP contribution in [0.3, 0.4) is 0 Å². The van der Waals surface area contributed by atoms with Gasteiger partial charge in [0.1, 0.15) is 0 Å². The zero-order chi connectivity index (χ0) is 17.9. The first kappa shape index (κ1) is 17.1. The van der Waals surface area contributed by atoms with Crippen molar-refractivity contribution in [1.82, 2.24) is 10.2 Å². The Balaban J connectivity index is 1.38. The van der Waals surface area contributed by atoms with E-state index in [0.717, 1.165) is 38.3 Å². The summed E-state index contributed by atoms with van der Waals surface area (Å²) in [5, 5.41) is 6.38. The van der Waals surface area contributed by atoms with Crippen LogP contribution in [0.4, 0.5) is 17.1 Å². The van der Waals surface area contributed by atoms with Gasteiger partial charge >= 0.3 is 0 Å². The Hall–Kier alpha value is -2.37. The summed E-state index contributed by atoms with van der Waals surface area (Å²) >= 11 is 0. The molecule has 1 saturated heterocycles. The molecule has 26 heavy (non-hydrogen) atoms. The summed E-state index contributed by atoms with van der Waals surface area (Å²) < 4.78 is 0. The monoisotopic (exact) mass is 350 g/mol. The molecule has 0 unspecified atom stereocenters. The molecule has 1 amide bonds. The van der Waals surface area contributed by atoms with Crippen LogP contribution in [-0.4, -0.2) is 49.6 Å². The molecule has 2 aliphatic rings. The minimum absolute atomic E-state index is 0.0537. The van der Waals surface area contributed by atoms with Crippen LogP contribution in [0.2, 0.25) is 0 Å². The first-order valence-electron chi connectivity index (χ1n) is 9.41. The maximum atomic E-state index is 12.3. The van der Waals surface area contributed by atoms with Gasteiger partial charge in [0, 0.05) is 49.3 Å². The molecule has 2 heterocycles. The van der Waals surface area contributed by atoms with Gasteiger partial charge in [0.05, 0.1) is 6.54 Å². The highest BCUT2D eigenvalue weighted by molar-refractivity contribution is 5.92. The Morgan fingerprint density at radius 2 is 1.96 bits per heavy atom. The Bertz CT molecular complexity index is 774. The minimum atomic E-state index is 0.0537. The number of rotatable bonds is 4. The molecule has 0 aromatic heterocycles. The van der Waals surface area contributed by atoms with Gasteiger partial charge in [0.25, 0.3) is 0 Å². The van der Waals surface area contributed by atoms with Gasteiger partial charge in [-0.05, 0) is 49.2 Å². The third-order valence-electron chi connectivity index (χ3n) is 5.34. The van der Waals surface area contributed by atoms with Gasteiger partial charge in [-0.1, -0.05) is 18.2 Å². The molecule has 0 aliphatic carbocycles. The van der Waals surface area contributed by atoms with Crippen molar-refractivity contribution in [2.45, 2.75) is 19.4 Å². The van der Waals surface area contributed by atoms with E-state index in [9.17, 15) is 4.79 Å². The number of anilines is 3. The highest BCUT2D eigenvalue weighted by Crippen LogP contribution is 2.34. The van der Waals surface area contributed by atoms with Crippen LogP contribution in [0.1, 0.15) is 12.5 Å². The number of hydrogen-bond donors (Lipinski definition) is 2. The number of hydrogen-bond acceptors (Lipinski definition) is 4. The molecular weight excluding hydrogens is 324 g/mol. The molecule has 5 nitrogen and oxygen atoms in total. The molecule has 0 bridgehead atoms. The fourth-order valence-electron chi connectivity index (χ4n) is 3.83. The van der Waals surface area contributed by atoms with Crippen molar-refractivity contribution in [3.63, 3.8) is 0 Å². The van der Waals surface area contributed by atoms with Crippen molar-refractivity contribution < 1.29 is 4.79 Å². The molecular formula is C21H26N4O.